The van der Waals surface area contributed by atoms with Gasteiger partial charge in [-0.3, -0.25) is 9.59 Å². The van der Waals surface area contributed by atoms with Gasteiger partial charge in [-0.25, -0.2) is 5.43 Å². The van der Waals surface area contributed by atoms with Crippen LogP contribution >= 0.6 is 11.6 Å². The van der Waals surface area contributed by atoms with E-state index in [1.54, 1.807) is 54.6 Å². The van der Waals surface area contributed by atoms with Crippen molar-refractivity contribution in [1.82, 2.24) is 10.7 Å². The van der Waals surface area contributed by atoms with Gasteiger partial charge in [0.2, 0.25) is 0 Å². The Bertz CT molecular complexity index is 1330. The highest BCUT2D eigenvalue weighted by Crippen LogP contribution is 2.28. The molecular weight excluding hydrogens is 492 g/mol. The van der Waals surface area contributed by atoms with Gasteiger partial charge in [0.05, 0.1) is 35.5 Å². The van der Waals surface area contributed by atoms with E-state index < -0.39 is 17.9 Å². The molecule has 0 aliphatic rings. The predicted molar refractivity (Wildman–Crippen MR) is 142 cm³/mol. The van der Waals surface area contributed by atoms with Crippen LogP contribution in [0.1, 0.15) is 40.9 Å². The standard InChI is InChI=1S/C28H27ClN4O4/c1-18(2)26(32-27(34)22-10-6-7-11-23(22)29)28(35)33-31-16-19-12-13-24(25(14-19)36-3)37-17-21-9-5-4-8-20(21)15-30/h4-14,16,18,26H,17H2,1-3H3,(H,32,34)(H,33,35). The average Bonchev–Trinajstić information content (AvgIpc) is 2.90. The highest BCUT2D eigenvalue weighted by Gasteiger charge is 2.25. The lowest BCUT2D eigenvalue weighted by Crippen LogP contribution is -2.48. The molecule has 0 heterocycles. The third-order valence-electron chi connectivity index (χ3n) is 5.45. The Kier molecular flexibility index (Phi) is 9.64. The van der Waals surface area contributed by atoms with Crippen LogP contribution in [0, 0.1) is 17.2 Å². The monoisotopic (exact) mass is 518 g/mol. The number of carbonyl (C=O) groups excluding carboxylic acids is 2. The van der Waals surface area contributed by atoms with Crippen molar-refractivity contribution in [3.05, 3.63) is 94.0 Å². The van der Waals surface area contributed by atoms with Crippen LogP contribution in [-0.4, -0.2) is 31.2 Å². The molecule has 0 aromatic heterocycles. The lowest BCUT2D eigenvalue weighted by molar-refractivity contribution is -0.123. The number of nitriles is 1. The van der Waals surface area contributed by atoms with Gasteiger partial charge in [0.1, 0.15) is 12.6 Å². The summed E-state index contributed by atoms with van der Waals surface area (Å²) in [7, 11) is 1.52. The number of methoxy groups -OCH3 is 1. The first kappa shape index (κ1) is 27.2. The predicted octanol–water partition coefficient (Wildman–Crippen LogP) is 4.70. The van der Waals surface area contributed by atoms with Gasteiger partial charge in [0.25, 0.3) is 11.8 Å². The van der Waals surface area contributed by atoms with Crippen molar-refractivity contribution >= 4 is 29.6 Å². The molecule has 0 saturated carbocycles. The van der Waals surface area contributed by atoms with Crippen molar-refractivity contribution < 1.29 is 19.1 Å². The van der Waals surface area contributed by atoms with E-state index in [-0.39, 0.29) is 18.1 Å². The fourth-order valence-electron chi connectivity index (χ4n) is 3.43. The summed E-state index contributed by atoms with van der Waals surface area (Å²) >= 11 is 6.10. The van der Waals surface area contributed by atoms with E-state index in [2.05, 4.69) is 21.9 Å². The molecular formula is C28H27ClN4O4. The van der Waals surface area contributed by atoms with Crippen LogP contribution in [0.15, 0.2) is 71.8 Å². The number of rotatable bonds is 10. The smallest absolute Gasteiger partial charge is 0.262 e. The lowest BCUT2D eigenvalue weighted by Gasteiger charge is -2.20. The molecule has 1 unspecified atom stereocenters. The van der Waals surface area contributed by atoms with Crippen molar-refractivity contribution in [2.45, 2.75) is 26.5 Å². The average molecular weight is 519 g/mol. The Morgan fingerprint density at radius 3 is 2.51 bits per heavy atom. The molecule has 37 heavy (non-hydrogen) atoms. The first-order valence-electron chi connectivity index (χ1n) is 11.5. The Labute approximate surface area is 220 Å². The van der Waals surface area contributed by atoms with Gasteiger partial charge >= 0.3 is 0 Å². The van der Waals surface area contributed by atoms with E-state index in [4.69, 9.17) is 21.1 Å². The number of hydrogen-bond donors (Lipinski definition) is 2. The number of carbonyl (C=O) groups is 2. The fraction of sp³-hybridized carbons (Fsp3) is 0.214. The van der Waals surface area contributed by atoms with Crippen molar-refractivity contribution in [3.63, 3.8) is 0 Å². The maximum absolute atomic E-state index is 12.7. The number of benzene rings is 3. The summed E-state index contributed by atoms with van der Waals surface area (Å²) in [4.78, 5) is 25.3. The maximum Gasteiger partial charge on any atom is 0.262 e. The van der Waals surface area contributed by atoms with Gasteiger partial charge < -0.3 is 14.8 Å². The van der Waals surface area contributed by atoms with E-state index in [0.717, 1.165) is 5.56 Å². The fourth-order valence-corrected chi connectivity index (χ4v) is 3.66. The second kappa shape index (κ2) is 13.1. The Morgan fingerprint density at radius 2 is 1.81 bits per heavy atom. The topological polar surface area (TPSA) is 113 Å². The molecule has 3 aromatic rings. The summed E-state index contributed by atoms with van der Waals surface area (Å²) in [5, 5.41) is 16.3. The molecule has 3 aromatic carbocycles. The molecule has 0 radical (unpaired) electrons. The summed E-state index contributed by atoms with van der Waals surface area (Å²) in [6.07, 6.45) is 1.46. The first-order valence-corrected chi connectivity index (χ1v) is 11.9. The first-order chi connectivity index (χ1) is 17.8. The Hall–Kier alpha value is -4.35. The molecule has 0 bridgehead atoms. The van der Waals surface area contributed by atoms with Gasteiger partial charge in [-0.15, -0.1) is 0 Å². The molecule has 9 heteroatoms. The number of amides is 2. The van der Waals surface area contributed by atoms with Crippen molar-refractivity contribution in [2.75, 3.05) is 7.11 Å². The number of hydrogen-bond acceptors (Lipinski definition) is 6. The van der Waals surface area contributed by atoms with Crippen LogP contribution in [0.2, 0.25) is 5.02 Å². The molecule has 0 saturated heterocycles. The summed E-state index contributed by atoms with van der Waals surface area (Å²) in [5.74, 6) is -0.129. The minimum absolute atomic E-state index is 0.190. The van der Waals surface area contributed by atoms with Crippen LogP contribution in [0.3, 0.4) is 0 Å². The van der Waals surface area contributed by atoms with Crippen LogP contribution in [0.25, 0.3) is 0 Å². The maximum atomic E-state index is 12.7. The van der Waals surface area contributed by atoms with Crippen molar-refractivity contribution in [2.24, 2.45) is 11.0 Å². The number of ether oxygens (including phenoxy) is 2. The summed E-state index contributed by atoms with van der Waals surface area (Å²) in [5.41, 5.74) is 4.73. The molecule has 0 aliphatic carbocycles. The number of nitrogens with zero attached hydrogens (tertiary/aromatic N) is 2. The SMILES string of the molecule is COc1cc(C=NNC(=O)C(NC(=O)c2ccccc2Cl)C(C)C)ccc1OCc1ccccc1C#N. The Balaban J connectivity index is 1.63. The number of halogens is 1. The molecule has 1 atom stereocenters. The summed E-state index contributed by atoms with van der Waals surface area (Å²) in [6.45, 7) is 3.85. The van der Waals surface area contributed by atoms with Crippen LogP contribution in [0.4, 0.5) is 0 Å². The second-order valence-electron chi connectivity index (χ2n) is 8.38. The van der Waals surface area contributed by atoms with E-state index in [9.17, 15) is 14.9 Å². The highest BCUT2D eigenvalue weighted by atomic mass is 35.5. The molecule has 2 N–H and O–H groups in total. The highest BCUT2D eigenvalue weighted by molar-refractivity contribution is 6.33. The minimum atomic E-state index is -0.817. The van der Waals surface area contributed by atoms with E-state index in [1.165, 1.54) is 13.3 Å². The normalized spacial score (nSPS) is 11.6. The van der Waals surface area contributed by atoms with Gasteiger partial charge in [-0.1, -0.05) is 55.8 Å². The second-order valence-corrected chi connectivity index (χ2v) is 8.78. The van der Waals surface area contributed by atoms with Crippen molar-refractivity contribution in [1.29, 1.82) is 5.26 Å². The molecule has 0 aliphatic heterocycles. The number of hydrazone groups is 1. The van der Waals surface area contributed by atoms with Gasteiger partial charge in [-0.2, -0.15) is 10.4 Å². The van der Waals surface area contributed by atoms with Crippen molar-refractivity contribution in [3.8, 4) is 17.6 Å². The van der Waals surface area contributed by atoms with E-state index >= 15 is 0 Å². The zero-order valence-electron chi connectivity index (χ0n) is 20.7. The van der Waals surface area contributed by atoms with E-state index in [1.807, 2.05) is 26.0 Å². The summed E-state index contributed by atoms with van der Waals surface area (Å²) < 4.78 is 11.3. The largest absolute Gasteiger partial charge is 0.493 e. The zero-order chi connectivity index (χ0) is 26.8. The van der Waals surface area contributed by atoms with E-state index in [0.29, 0.717) is 27.6 Å². The third kappa shape index (κ3) is 7.32. The molecule has 8 nitrogen and oxygen atoms in total. The molecule has 0 fully saturated rings. The Morgan fingerprint density at radius 1 is 1.08 bits per heavy atom. The minimum Gasteiger partial charge on any atom is -0.493 e. The summed E-state index contributed by atoms with van der Waals surface area (Å²) in [6, 6.07) is 20.3. The van der Waals surface area contributed by atoms with Gasteiger partial charge in [0.15, 0.2) is 11.5 Å². The third-order valence-corrected chi connectivity index (χ3v) is 5.78. The van der Waals surface area contributed by atoms with Gasteiger partial charge in [0, 0.05) is 5.56 Å². The molecule has 0 spiro atoms. The zero-order valence-corrected chi connectivity index (χ0v) is 21.5. The van der Waals surface area contributed by atoms with Crippen LogP contribution in [-0.2, 0) is 11.4 Å². The lowest BCUT2D eigenvalue weighted by atomic mass is 10.0. The van der Waals surface area contributed by atoms with Crippen LogP contribution < -0.4 is 20.2 Å². The van der Waals surface area contributed by atoms with Crippen LogP contribution in [0.5, 0.6) is 11.5 Å². The molecule has 3 rings (SSSR count). The number of nitrogens with one attached hydrogen (secondary N) is 2. The molecule has 2 amide bonds. The quantitative estimate of drug-likeness (QED) is 0.298. The van der Waals surface area contributed by atoms with Gasteiger partial charge in [-0.05, 0) is 47.9 Å². The molecule has 190 valence electrons.